The summed E-state index contributed by atoms with van der Waals surface area (Å²) in [5, 5.41) is 7.26. The van der Waals surface area contributed by atoms with Gasteiger partial charge >= 0.3 is 0 Å². The summed E-state index contributed by atoms with van der Waals surface area (Å²) < 4.78 is 26.6. The lowest BCUT2D eigenvalue weighted by molar-refractivity contribution is -0.125. The number of hydrogen-bond acceptors (Lipinski definition) is 5. The Morgan fingerprint density at radius 2 is 1.88 bits per heavy atom. The molecule has 0 spiro atoms. The van der Waals surface area contributed by atoms with Crippen molar-refractivity contribution in [1.29, 1.82) is 0 Å². The van der Waals surface area contributed by atoms with Crippen LogP contribution in [0.1, 0.15) is 31.7 Å². The molecule has 34 heavy (non-hydrogen) atoms. The number of halogens is 3. The van der Waals surface area contributed by atoms with E-state index in [1.807, 2.05) is 35.2 Å². The summed E-state index contributed by atoms with van der Waals surface area (Å²) >= 11 is 6.14. The number of nitrogens with zero attached hydrogens (tertiary/aromatic N) is 3. The average molecular weight is 488 g/mol. The van der Waals surface area contributed by atoms with Crippen molar-refractivity contribution in [3.8, 4) is 0 Å². The first-order valence-electron chi connectivity index (χ1n) is 11.4. The minimum Gasteiger partial charge on any atom is -0.369 e. The fourth-order valence-electron chi connectivity index (χ4n) is 4.04. The Morgan fingerprint density at radius 3 is 2.59 bits per heavy atom. The molecule has 0 aliphatic carbocycles. The van der Waals surface area contributed by atoms with E-state index >= 15 is 0 Å². The van der Waals surface area contributed by atoms with E-state index in [9.17, 15) is 13.6 Å². The minimum absolute atomic E-state index is 0.0559. The molecule has 9 heteroatoms. The Labute approximate surface area is 202 Å². The highest BCUT2D eigenvalue weighted by Crippen LogP contribution is 2.29. The monoisotopic (exact) mass is 487 g/mol. The summed E-state index contributed by atoms with van der Waals surface area (Å²) in [5.41, 5.74) is 1.75. The van der Waals surface area contributed by atoms with Gasteiger partial charge in [-0.15, -0.1) is 0 Å². The molecular weight excluding hydrogens is 460 g/mol. The van der Waals surface area contributed by atoms with E-state index in [0.29, 0.717) is 60.2 Å². The molecule has 3 aromatic rings. The third-order valence-corrected chi connectivity index (χ3v) is 6.20. The average Bonchev–Trinajstić information content (AvgIpc) is 2.82. The molecule has 0 bridgehead atoms. The summed E-state index contributed by atoms with van der Waals surface area (Å²) in [6.45, 7) is 2.76. The van der Waals surface area contributed by atoms with Crippen LogP contribution in [0.5, 0.6) is 0 Å². The predicted molar refractivity (Wildman–Crippen MR) is 132 cm³/mol. The van der Waals surface area contributed by atoms with Gasteiger partial charge in [0, 0.05) is 48.9 Å². The molecule has 0 radical (unpaired) electrons. The second-order valence-corrected chi connectivity index (χ2v) is 9.18. The number of piperidine rings is 1. The first kappa shape index (κ1) is 24.1. The van der Waals surface area contributed by atoms with Gasteiger partial charge in [0.25, 0.3) is 0 Å². The van der Waals surface area contributed by atoms with E-state index in [4.69, 9.17) is 11.6 Å². The Hall–Kier alpha value is -3.00. The van der Waals surface area contributed by atoms with Gasteiger partial charge in [-0.2, -0.15) is 4.98 Å². The number of alkyl halides is 2. The van der Waals surface area contributed by atoms with Crippen molar-refractivity contribution >= 4 is 40.2 Å². The number of fused-ring (bicyclic) bond motifs is 1. The summed E-state index contributed by atoms with van der Waals surface area (Å²) in [5.74, 6) is -1.78. The number of carbonyl (C=O) groups is 1. The molecule has 0 saturated carbocycles. The summed E-state index contributed by atoms with van der Waals surface area (Å²) in [6.07, 6.45) is 1.07. The van der Waals surface area contributed by atoms with Gasteiger partial charge in [-0.05, 0) is 43.5 Å². The van der Waals surface area contributed by atoms with Crippen LogP contribution in [0.4, 0.5) is 20.5 Å². The van der Waals surface area contributed by atoms with Crippen LogP contribution in [0.15, 0.2) is 48.5 Å². The number of carbonyl (C=O) groups excluding carboxylic acids is 1. The van der Waals surface area contributed by atoms with Gasteiger partial charge in [-0.25, -0.2) is 13.8 Å². The van der Waals surface area contributed by atoms with E-state index in [1.165, 1.54) is 0 Å². The number of amides is 1. The van der Waals surface area contributed by atoms with Crippen molar-refractivity contribution in [3.05, 3.63) is 59.1 Å². The number of nitrogens with one attached hydrogen (secondary N) is 2. The molecular formula is C25H28ClF2N5O. The van der Waals surface area contributed by atoms with Crippen LogP contribution < -0.4 is 15.5 Å². The number of aromatic nitrogens is 2. The fraction of sp³-hybridized carbons (Fsp3) is 0.400. The molecule has 1 aliphatic heterocycles. The molecule has 0 unspecified atom stereocenters. The highest BCUT2D eigenvalue weighted by Gasteiger charge is 2.27. The summed E-state index contributed by atoms with van der Waals surface area (Å²) in [6, 6.07) is 15.1. The van der Waals surface area contributed by atoms with Crippen molar-refractivity contribution in [2.75, 3.05) is 29.9 Å². The van der Waals surface area contributed by atoms with Crippen LogP contribution >= 0.6 is 11.6 Å². The quantitative estimate of drug-likeness (QED) is 0.453. The molecule has 2 N–H and O–H groups in total. The zero-order valence-electron chi connectivity index (χ0n) is 19.0. The first-order valence-corrected chi connectivity index (χ1v) is 11.8. The number of hydrogen-bond donors (Lipinski definition) is 2. The molecule has 0 atom stereocenters. The van der Waals surface area contributed by atoms with Gasteiger partial charge in [0.1, 0.15) is 5.82 Å². The van der Waals surface area contributed by atoms with Gasteiger partial charge in [0.15, 0.2) is 0 Å². The molecule has 1 aromatic heterocycles. The zero-order valence-corrected chi connectivity index (χ0v) is 19.8. The smallest absolute Gasteiger partial charge is 0.247 e. The second-order valence-electron chi connectivity index (χ2n) is 8.75. The maximum Gasteiger partial charge on any atom is 0.247 e. The van der Waals surface area contributed by atoms with Gasteiger partial charge in [-0.3, -0.25) is 4.79 Å². The van der Waals surface area contributed by atoms with Crippen LogP contribution in [-0.2, 0) is 11.3 Å². The van der Waals surface area contributed by atoms with Gasteiger partial charge in [0.05, 0.1) is 5.52 Å². The van der Waals surface area contributed by atoms with Crippen molar-refractivity contribution < 1.29 is 13.6 Å². The summed E-state index contributed by atoms with van der Waals surface area (Å²) in [7, 11) is 0. The topological polar surface area (TPSA) is 70.2 Å². The summed E-state index contributed by atoms with van der Waals surface area (Å²) in [4.78, 5) is 24.0. The number of anilines is 2. The van der Waals surface area contributed by atoms with Crippen molar-refractivity contribution in [2.24, 2.45) is 5.92 Å². The Bertz CT molecular complexity index is 1130. The van der Waals surface area contributed by atoms with Crippen LogP contribution in [0.3, 0.4) is 0 Å². The van der Waals surface area contributed by atoms with Crippen molar-refractivity contribution in [2.45, 2.75) is 38.7 Å². The van der Waals surface area contributed by atoms with E-state index < -0.39 is 5.92 Å². The molecule has 1 saturated heterocycles. The van der Waals surface area contributed by atoms with E-state index in [-0.39, 0.29) is 24.8 Å². The zero-order chi connectivity index (χ0) is 24.1. The maximum atomic E-state index is 13.3. The lowest BCUT2D eigenvalue weighted by atomic mass is 9.96. The highest BCUT2D eigenvalue weighted by molar-refractivity contribution is 6.31. The number of rotatable bonds is 8. The third-order valence-electron chi connectivity index (χ3n) is 5.96. The number of benzene rings is 2. The normalized spacial score (nSPS) is 14.9. The molecule has 6 nitrogen and oxygen atoms in total. The van der Waals surface area contributed by atoms with Crippen molar-refractivity contribution in [3.63, 3.8) is 0 Å². The van der Waals surface area contributed by atoms with Crippen LogP contribution in [0.2, 0.25) is 5.02 Å². The molecule has 4 rings (SSSR count). The van der Waals surface area contributed by atoms with Crippen LogP contribution in [0, 0.1) is 5.92 Å². The van der Waals surface area contributed by atoms with Crippen molar-refractivity contribution in [1.82, 2.24) is 15.3 Å². The largest absolute Gasteiger partial charge is 0.369 e. The maximum absolute atomic E-state index is 13.3. The lowest BCUT2D eigenvalue weighted by Crippen LogP contribution is -2.41. The van der Waals surface area contributed by atoms with E-state index in [0.717, 1.165) is 12.5 Å². The Balaban J connectivity index is 1.42. The van der Waals surface area contributed by atoms with Gasteiger partial charge in [-0.1, -0.05) is 41.9 Å². The molecule has 2 heterocycles. The minimum atomic E-state index is -2.76. The predicted octanol–water partition coefficient (Wildman–Crippen LogP) is 5.27. The van der Waals surface area contributed by atoms with Gasteiger partial charge in [0.2, 0.25) is 17.8 Å². The lowest BCUT2D eigenvalue weighted by Gasteiger charge is -2.31. The highest BCUT2D eigenvalue weighted by atomic mass is 35.5. The molecule has 2 aromatic carbocycles. The standard InChI is InChI=1S/C25H28ClF2N5O/c1-25(27,28)11-12-29-22-20-15-19(26)7-8-21(20)31-24(32-22)33-13-9-18(10-14-33)23(34)30-16-17-5-3-2-4-6-17/h2-8,15,18H,9-14,16H2,1H3,(H,30,34)(H,29,31,32). The van der Waals surface area contributed by atoms with Crippen LogP contribution in [-0.4, -0.2) is 41.4 Å². The fourth-order valence-corrected chi connectivity index (χ4v) is 4.21. The Kier molecular flexibility index (Phi) is 7.46. The SMILES string of the molecule is CC(F)(F)CCNc1nc(N2CCC(C(=O)NCc3ccccc3)CC2)nc2ccc(Cl)cc12. The molecule has 1 amide bonds. The molecule has 1 fully saturated rings. The molecule has 180 valence electrons. The van der Waals surface area contributed by atoms with E-state index in [1.54, 1.807) is 18.2 Å². The van der Waals surface area contributed by atoms with Crippen LogP contribution in [0.25, 0.3) is 10.9 Å². The second kappa shape index (κ2) is 10.5. The van der Waals surface area contributed by atoms with Gasteiger partial charge < -0.3 is 15.5 Å². The Morgan fingerprint density at radius 1 is 1.15 bits per heavy atom. The third kappa shape index (κ3) is 6.32. The molecule has 1 aliphatic rings. The van der Waals surface area contributed by atoms with E-state index in [2.05, 4.69) is 20.6 Å². The first-order chi connectivity index (χ1) is 16.3.